The lowest BCUT2D eigenvalue weighted by atomic mass is 9.73. The van der Waals surface area contributed by atoms with Crippen LogP contribution in [0.3, 0.4) is 0 Å². The van der Waals surface area contributed by atoms with E-state index in [1.54, 1.807) is 6.07 Å². The zero-order chi connectivity index (χ0) is 46.2. The average Bonchev–Trinajstić information content (AvgIpc) is 3.81. The zero-order valence-corrected chi connectivity index (χ0v) is 41.0. The Morgan fingerprint density at radius 3 is 2.20 bits per heavy atom. The molecular formula is C55H72N6O4Si. The number of likely N-dealkylation sites (tertiary alicyclic amines) is 1. The average molecular weight is 909 g/mol. The lowest BCUT2D eigenvalue weighted by Gasteiger charge is -2.39. The van der Waals surface area contributed by atoms with Gasteiger partial charge in [-0.2, -0.15) is 5.10 Å². The van der Waals surface area contributed by atoms with Crippen molar-refractivity contribution in [3.8, 4) is 5.75 Å². The smallest absolute Gasteiger partial charge is 0.248 e. The largest absolute Gasteiger partial charge is 0.487 e. The van der Waals surface area contributed by atoms with Crippen molar-refractivity contribution in [3.05, 3.63) is 160 Å². The molecule has 10 nitrogen and oxygen atoms in total. The minimum Gasteiger partial charge on any atom is -0.487 e. The second kappa shape index (κ2) is 21.4. The van der Waals surface area contributed by atoms with Gasteiger partial charge in [-0.05, 0) is 128 Å². The molecule has 1 saturated carbocycles. The summed E-state index contributed by atoms with van der Waals surface area (Å²) in [5.74, 6) is 1.89. The summed E-state index contributed by atoms with van der Waals surface area (Å²) in [5.41, 5.74) is 5.10. The van der Waals surface area contributed by atoms with Gasteiger partial charge in [0.15, 0.2) is 19.7 Å². The number of piperidine rings is 1. The Morgan fingerprint density at radius 2 is 1.50 bits per heavy atom. The lowest BCUT2D eigenvalue weighted by Crippen LogP contribution is -2.43. The van der Waals surface area contributed by atoms with E-state index in [9.17, 15) is 9.90 Å². The number of hydrogen-bond donors (Lipinski definition) is 3. The highest BCUT2D eigenvalue weighted by Gasteiger charge is 2.44. The summed E-state index contributed by atoms with van der Waals surface area (Å²) >= 11 is 0. The quantitative estimate of drug-likeness (QED) is 0.0543. The molecule has 8 rings (SSSR count). The topological polar surface area (TPSA) is 118 Å². The van der Waals surface area contributed by atoms with Gasteiger partial charge in [-0.3, -0.25) is 9.48 Å². The Kier molecular flexibility index (Phi) is 15.4. The van der Waals surface area contributed by atoms with Crippen molar-refractivity contribution in [3.63, 3.8) is 0 Å². The number of pyridine rings is 1. The molecule has 0 bridgehead atoms. The highest BCUT2D eigenvalue weighted by molar-refractivity contribution is 6.74. The molecule has 1 aliphatic heterocycles. The second-order valence-electron chi connectivity index (χ2n) is 20.5. The summed E-state index contributed by atoms with van der Waals surface area (Å²) < 4.78 is 15.4. The van der Waals surface area contributed by atoms with E-state index in [1.165, 1.54) is 17.5 Å². The maximum Gasteiger partial charge on any atom is 0.248 e. The summed E-state index contributed by atoms with van der Waals surface area (Å²) in [7, 11) is -2.17. The maximum atomic E-state index is 12.6. The molecule has 1 unspecified atom stereocenters. The summed E-state index contributed by atoms with van der Waals surface area (Å²) in [4.78, 5) is 23.0. The van der Waals surface area contributed by atoms with E-state index in [2.05, 4.69) is 79.4 Å². The van der Waals surface area contributed by atoms with Crippen molar-refractivity contribution >= 4 is 19.2 Å². The predicted octanol–water partition coefficient (Wildman–Crippen LogP) is 10.4. The van der Waals surface area contributed by atoms with E-state index in [1.807, 2.05) is 83.8 Å². The van der Waals surface area contributed by atoms with Crippen molar-refractivity contribution in [2.45, 2.75) is 122 Å². The Hall–Kier alpha value is -4.91. The van der Waals surface area contributed by atoms with Crippen molar-refractivity contribution < 1.29 is 14.3 Å². The molecule has 2 atom stereocenters. The number of benzene rings is 4. The first-order valence-corrected chi connectivity index (χ1v) is 27.5. The van der Waals surface area contributed by atoms with Gasteiger partial charge in [-0.1, -0.05) is 131 Å². The molecule has 6 aromatic rings. The molecule has 2 fully saturated rings. The molecule has 0 spiro atoms. The molecule has 3 N–H and O–H groups in total. The fraction of sp³-hybridized carbons (Fsp3) is 0.473. The van der Waals surface area contributed by atoms with Gasteiger partial charge in [0, 0.05) is 31.1 Å². The highest BCUT2D eigenvalue weighted by atomic mass is 28.4. The number of aromatic amines is 1. The summed E-state index contributed by atoms with van der Waals surface area (Å²) in [6.07, 6.45) is 11.4. The Balaban J connectivity index is 0.820. The van der Waals surface area contributed by atoms with Gasteiger partial charge in [0.1, 0.15) is 18.7 Å². The molecule has 350 valence electrons. The summed E-state index contributed by atoms with van der Waals surface area (Å²) in [6, 6.07) is 36.9. The number of H-pyrrole nitrogens is 1. The number of fused-ring (bicyclic) bond motifs is 1. The molecule has 2 aromatic heterocycles. The number of aliphatic hydroxyl groups is 1. The third kappa shape index (κ3) is 11.6. The number of aromatic nitrogens is 4. The van der Waals surface area contributed by atoms with Crippen LogP contribution in [0.4, 0.5) is 0 Å². The second-order valence-corrected chi connectivity index (χ2v) is 25.2. The highest BCUT2D eigenvalue weighted by Crippen LogP contribution is 2.43. The van der Waals surface area contributed by atoms with Crippen LogP contribution >= 0.6 is 0 Å². The fourth-order valence-corrected chi connectivity index (χ4v) is 11.0. The van der Waals surface area contributed by atoms with Crippen molar-refractivity contribution in [1.82, 2.24) is 30.0 Å². The summed E-state index contributed by atoms with van der Waals surface area (Å²) in [6.45, 7) is 17.4. The van der Waals surface area contributed by atoms with Crippen LogP contribution in [0.25, 0.3) is 10.9 Å². The van der Waals surface area contributed by atoms with Crippen LogP contribution in [-0.4, -0.2) is 70.8 Å². The van der Waals surface area contributed by atoms with Gasteiger partial charge >= 0.3 is 0 Å². The third-order valence-corrected chi connectivity index (χ3v) is 19.3. The Morgan fingerprint density at radius 1 is 0.818 bits per heavy atom. The number of hydrogen-bond acceptors (Lipinski definition) is 8. The normalized spacial score (nSPS) is 17.2. The van der Waals surface area contributed by atoms with Crippen LogP contribution < -0.4 is 15.6 Å². The first-order valence-electron chi connectivity index (χ1n) is 24.5. The third-order valence-electron chi connectivity index (χ3n) is 14.8. The molecule has 66 heavy (non-hydrogen) atoms. The number of nitrogens with one attached hydrogen (secondary N) is 2. The van der Waals surface area contributed by atoms with Gasteiger partial charge in [-0.15, -0.1) is 0 Å². The first kappa shape index (κ1) is 47.6. The zero-order valence-electron chi connectivity index (χ0n) is 40.0. The minimum atomic E-state index is -2.17. The van der Waals surface area contributed by atoms with E-state index in [-0.39, 0.29) is 22.6 Å². The molecule has 1 aliphatic carbocycles. The number of nitrogens with zero attached hydrogens (tertiary/aromatic N) is 4. The van der Waals surface area contributed by atoms with Gasteiger partial charge in [0.25, 0.3) is 0 Å². The van der Waals surface area contributed by atoms with Crippen LogP contribution in [0, 0.1) is 11.8 Å². The number of rotatable bonds is 19. The molecule has 1 saturated heterocycles. The lowest BCUT2D eigenvalue weighted by molar-refractivity contribution is -0.00865. The van der Waals surface area contributed by atoms with Crippen LogP contribution in [-0.2, 0) is 36.0 Å². The molecular weight excluding hydrogens is 837 g/mol. The number of ether oxygens (including phenoxy) is 1. The van der Waals surface area contributed by atoms with E-state index >= 15 is 0 Å². The van der Waals surface area contributed by atoms with Gasteiger partial charge < -0.3 is 29.5 Å². The first-order chi connectivity index (χ1) is 31.9. The van der Waals surface area contributed by atoms with Gasteiger partial charge in [0.05, 0.1) is 11.6 Å². The Bertz CT molecular complexity index is 2510. The molecule has 0 radical (unpaired) electrons. The van der Waals surface area contributed by atoms with Crippen molar-refractivity contribution in [2.75, 3.05) is 32.7 Å². The monoisotopic (exact) mass is 909 g/mol. The van der Waals surface area contributed by atoms with Crippen LogP contribution in [0.5, 0.6) is 5.75 Å². The fourth-order valence-electron chi connectivity index (χ4n) is 9.73. The SMILES string of the molecule is CC(C)(C)[Si](C)(C)O[C@@H](CNCCc1ccc(CCN2CCC(Cn3cnc(C(O)(c4ccccc4)C4CCCCC4)n3)CC2)cc1)c1ccc(OCc2ccccc2)c2[nH]c(=O)ccc12. The molecule has 2 aliphatic rings. The minimum absolute atomic E-state index is 0.0305. The van der Waals surface area contributed by atoms with Gasteiger partial charge in [0.2, 0.25) is 5.56 Å². The molecule has 3 heterocycles. The van der Waals surface area contributed by atoms with E-state index < -0.39 is 13.9 Å². The maximum absolute atomic E-state index is 12.6. The van der Waals surface area contributed by atoms with Gasteiger partial charge in [-0.25, -0.2) is 4.98 Å². The molecule has 11 heteroatoms. The van der Waals surface area contributed by atoms with Crippen LogP contribution in [0.2, 0.25) is 18.1 Å². The van der Waals surface area contributed by atoms with E-state index in [4.69, 9.17) is 19.2 Å². The van der Waals surface area contributed by atoms with Crippen LogP contribution in [0.1, 0.15) is 105 Å². The predicted molar refractivity (Wildman–Crippen MR) is 268 cm³/mol. The van der Waals surface area contributed by atoms with E-state index in [0.717, 1.165) is 106 Å². The van der Waals surface area contributed by atoms with Crippen LogP contribution in [0.15, 0.2) is 120 Å². The standard InChI is InChI=1S/C55H72N6O4Si/c1-54(2,3)66(4,5)65-50(47-25-27-49(52-48(47)26-28-51(62)58-52)64-39-44-15-9-6-10-16-44)37-56-33-29-41-21-23-42(24-22-41)30-34-60-35-31-43(32-36-60)38-61-40-57-53(59-61)55(63,45-17-11-7-12-18-45)46-19-13-8-14-20-46/h6-7,9-12,15-18,21-28,40,43,46,50,56,63H,8,13-14,19-20,29-39H2,1-5H3,(H,58,62)/t50-,55?/m0/s1. The summed E-state index contributed by atoms with van der Waals surface area (Å²) in [5, 5.41) is 21.9. The van der Waals surface area contributed by atoms with E-state index in [0.29, 0.717) is 36.2 Å². The molecule has 0 amide bonds. The Labute approximate surface area is 393 Å². The molecule has 4 aromatic carbocycles. The van der Waals surface area contributed by atoms with Crippen molar-refractivity contribution in [2.24, 2.45) is 11.8 Å². The van der Waals surface area contributed by atoms with Crippen molar-refractivity contribution in [1.29, 1.82) is 0 Å².